The molecule has 1 N–H and O–H groups in total. The van der Waals surface area contributed by atoms with Gasteiger partial charge in [-0.3, -0.25) is 4.79 Å². The van der Waals surface area contributed by atoms with E-state index in [0.29, 0.717) is 13.1 Å². The smallest absolute Gasteiger partial charge is 0.408 e. The third kappa shape index (κ3) is 5.62. The van der Waals surface area contributed by atoms with Crippen LogP contribution in [0.15, 0.2) is 0 Å². The van der Waals surface area contributed by atoms with E-state index in [4.69, 9.17) is 4.74 Å². The number of nitriles is 1. The summed E-state index contributed by atoms with van der Waals surface area (Å²) in [6, 6.07) is -0.705. The average Bonchev–Trinajstić information content (AvgIpc) is 2.49. The predicted molar refractivity (Wildman–Crippen MR) is 85.9 cm³/mol. The fourth-order valence-corrected chi connectivity index (χ4v) is 2.38. The number of hydrogen-bond donors (Lipinski definition) is 1. The first-order chi connectivity index (χ1) is 10.7. The van der Waals surface area contributed by atoms with Gasteiger partial charge in [0.15, 0.2) is 6.19 Å². The highest BCUT2D eigenvalue weighted by Gasteiger charge is 2.34. The maximum absolute atomic E-state index is 12.8. The van der Waals surface area contributed by atoms with E-state index in [-0.39, 0.29) is 11.8 Å². The van der Waals surface area contributed by atoms with Crippen molar-refractivity contribution >= 4 is 12.0 Å². The third-order valence-electron chi connectivity index (χ3n) is 3.80. The summed E-state index contributed by atoms with van der Waals surface area (Å²) in [4.78, 5) is 24.9. The maximum atomic E-state index is 12.8. The molecule has 0 spiro atoms. The van der Waals surface area contributed by atoms with E-state index in [1.165, 1.54) is 10.0 Å². The Labute approximate surface area is 138 Å². The Balaban J connectivity index is 2.86. The Bertz CT molecular complexity index is 467. The van der Waals surface area contributed by atoms with Crippen molar-refractivity contribution in [2.75, 3.05) is 13.1 Å². The molecule has 2 atom stereocenters. The fourth-order valence-electron chi connectivity index (χ4n) is 2.38. The average molecular weight is 324 g/mol. The van der Waals surface area contributed by atoms with E-state index >= 15 is 0 Å². The fraction of sp³-hybridized carbons (Fsp3) is 0.812. The van der Waals surface area contributed by atoms with E-state index in [2.05, 4.69) is 5.32 Å². The van der Waals surface area contributed by atoms with Gasteiger partial charge in [-0.1, -0.05) is 20.3 Å². The van der Waals surface area contributed by atoms with Crippen LogP contribution in [0.25, 0.3) is 0 Å². The summed E-state index contributed by atoms with van der Waals surface area (Å²) in [5, 5.41) is 14.7. The molecule has 0 bridgehead atoms. The molecule has 1 fully saturated rings. The molecule has 7 nitrogen and oxygen atoms in total. The number of amides is 2. The molecule has 2 amide bonds. The largest absolute Gasteiger partial charge is 0.444 e. The number of hydrogen-bond acceptors (Lipinski definition) is 5. The molecular weight excluding hydrogens is 296 g/mol. The van der Waals surface area contributed by atoms with Gasteiger partial charge in [0.1, 0.15) is 11.6 Å². The van der Waals surface area contributed by atoms with Crippen molar-refractivity contribution in [3.8, 4) is 6.19 Å². The molecule has 1 aliphatic rings. The lowest BCUT2D eigenvalue weighted by Gasteiger charge is -2.38. The van der Waals surface area contributed by atoms with Crippen molar-refractivity contribution < 1.29 is 14.3 Å². The lowest BCUT2D eigenvalue weighted by Crippen LogP contribution is -2.57. The van der Waals surface area contributed by atoms with Crippen LogP contribution in [-0.4, -0.2) is 46.8 Å². The second-order valence-corrected chi connectivity index (χ2v) is 6.90. The number of rotatable bonds is 4. The summed E-state index contributed by atoms with van der Waals surface area (Å²) >= 11 is 0. The Hall–Kier alpha value is -1.97. The van der Waals surface area contributed by atoms with Crippen molar-refractivity contribution in [1.82, 2.24) is 15.3 Å². The van der Waals surface area contributed by atoms with Crippen LogP contribution < -0.4 is 5.32 Å². The number of nitrogens with zero attached hydrogens (tertiary/aromatic N) is 3. The summed E-state index contributed by atoms with van der Waals surface area (Å²) in [5.41, 5.74) is -0.628. The highest BCUT2D eigenvalue weighted by atomic mass is 16.6. The van der Waals surface area contributed by atoms with E-state index in [1.807, 2.05) is 20.0 Å². The van der Waals surface area contributed by atoms with Crippen molar-refractivity contribution in [2.45, 2.75) is 65.5 Å². The highest BCUT2D eigenvalue weighted by Crippen LogP contribution is 2.17. The molecule has 0 radical (unpaired) electrons. The molecule has 7 heteroatoms. The number of carbonyl (C=O) groups is 2. The first kappa shape index (κ1) is 19.1. The number of alkyl carbamates (subject to hydrolysis) is 1. The lowest BCUT2D eigenvalue weighted by atomic mass is 9.98. The quantitative estimate of drug-likeness (QED) is 0.802. The van der Waals surface area contributed by atoms with Crippen molar-refractivity contribution in [3.63, 3.8) is 0 Å². The summed E-state index contributed by atoms with van der Waals surface area (Å²) in [7, 11) is 0. The molecule has 2 unspecified atom stereocenters. The molecule has 0 aromatic carbocycles. The van der Waals surface area contributed by atoms with E-state index in [1.54, 1.807) is 20.8 Å². The summed E-state index contributed by atoms with van der Waals surface area (Å²) < 4.78 is 5.25. The Morgan fingerprint density at radius 3 is 2.43 bits per heavy atom. The van der Waals surface area contributed by atoms with Crippen LogP contribution in [0, 0.1) is 17.4 Å². The van der Waals surface area contributed by atoms with Gasteiger partial charge in [0.25, 0.3) is 5.91 Å². The van der Waals surface area contributed by atoms with Gasteiger partial charge in [0, 0.05) is 6.54 Å². The summed E-state index contributed by atoms with van der Waals surface area (Å²) in [6.45, 7) is 10.2. The highest BCUT2D eigenvalue weighted by molar-refractivity contribution is 5.86. The Morgan fingerprint density at radius 1 is 1.30 bits per heavy atom. The summed E-state index contributed by atoms with van der Waals surface area (Å²) in [6.07, 6.45) is 3.88. The van der Waals surface area contributed by atoms with E-state index in [0.717, 1.165) is 19.3 Å². The second kappa shape index (κ2) is 8.04. The van der Waals surface area contributed by atoms with Gasteiger partial charge in [0.2, 0.25) is 0 Å². The Kier molecular flexibility index (Phi) is 6.67. The molecule has 130 valence electrons. The first-order valence-electron chi connectivity index (χ1n) is 8.17. The van der Waals surface area contributed by atoms with Crippen LogP contribution in [-0.2, 0) is 9.53 Å². The molecule has 1 heterocycles. The van der Waals surface area contributed by atoms with Crippen LogP contribution in [0.1, 0.15) is 53.9 Å². The van der Waals surface area contributed by atoms with Crippen LogP contribution in [0.4, 0.5) is 4.79 Å². The van der Waals surface area contributed by atoms with E-state index in [9.17, 15) is 14.9 Å². The maximum Gasteiger partial charge on any atom is 0.408 e. The zero-order valence-corrected chi connectivity index (χ0v) is 14.8. The minimum Gasteiger partial charge on any atom is -0.444 e. The van der Waals surface area contributed by atoms with Crippen molar-refractivity contribution in [3.05, 3.63) is 0 Å². The Morgan fingerprint density at radius 2 is 1.91 bits per heavy atom. The number of hydrazine groups is 1. The lowest BCUT2D eigenvalue weighted by molar-refractivity contribution is -0.150. The monoisotopic (exact) mass is 324 g/mol. The molecule has 1 aliphatic heterocycles. The minimum absolute atomic E-state index is 0.0579. The van der Waals surface area contributed by atoms with Gasteiger partial charge < -0.3 is 10.1 Å². The molecular formula is C16H28N4O3. The molecule has 0 aliphatic carbocycles. The zero-order valence-electron chi connectivity index (χ0n) is 14.8. The van der Waals surface area contributed by atoms with Crippen LogP contribution in [0.2, 0.25) is 0 Å². The number of ether oxygens (including phenoxy) is 1. The van der Waals surface area contributed by atoms with Crippen LogP contribution in [0.3, 0.4) is 0 Å². The molecule has 1 rings (SSSR count). The predicted octanol–water partition coefficient (Wildman–Crippen LogP) is 2.25. The normalized spacial score (nSPS) is 17.9. The van der Waals surface area contributed by atoms with Gasteiger partial charge in [-0.2, -0.15) is 5.26 Å². The van der Waals surface area contributed by atoms with Gasteiger partial charge in [-0.25, -0.2) is 14.8 Å². The van der Waals surface area contributed by atoms with Crippen molar-refractivity contribution in [1.29, 1.82) is 5.26 Å². The topological polar surface area (TPSA) is 85.7 Å². The van der Waals surface area contributed by atoms with Gasteiger partial charge in [-0.15, -0.1) is 0 Å². The SMILES string of the molecule is CCC(C)C(NC(=O)OC(C)(C)C)C(=O)N1CCCCN1C#N. The number of nitrogens with one attached hydrogen (secondary N) is 1. The molecule has 23 heavy (non-hydrogen) atoms. The second-order valence-electron chi connectivity index (χ2n) is 6.90. The molecule has 0 aromatic heterocycles. The molecule has 0 saturated carbocycles. The first-order valence-corrected chi connectivity index (χ1v) is 8.17. The van der Waals surface area contributed by atoms with Gasteiger partial charge in [0.05, 0.1) is 6.54 Å². The van der Waals surface area contributed by atoms with Crippen LogP contribution >= 0.6 is 0 Å². The van der Waals surface area contributed by atoms with E-state index < -0.39 is 17.7 Å². The van der Waals surface area contributed by atoms with Crippen molar-refractivity contribution in [2.24, 2.45) is 5.92 Å². The minimum atomic E-state index is -0.705. The van der Waals surface area contributed by atoms with Gasteiger partial charge in [-0.05, 0) is 39.5 Å². The standard InChI is InChI=1S/C16H28N4O3/c1-6-12(2)13(18-15(22)23-16(3,4)5)14(21)20-10-8-7-9-19(20)11-17/h12-13H,6-10H2,1-5H3,(H,18,22). The molecule has 1 saturated heterocycles. The number of carbonyl (C=O) groups excluding carboxylic acids is 2. The van der Waals surface area contributed by atoms with Gasteiger partial charge >= 0.3 is 6.09 Å². The third-order valence-corrected chi connectivity index (χ3v) is 3.80. The molecule has 0 aromatic rings. The summed E-state index contributed by atoms with van der Waals surface area (Å²) in [5.74, 6) is -0.316. The zero-order chi connectivity index (χ0) is 17.6. The van der Waals surface area contributed by atoms with Crippen LogP contribution in [0.5, 0.6) is 0 Å².